The largest absolute Gasteiger partial charge is 0.372 e. The molecule has 3 rings (SSSR count). The van der Waals surface area contributed by atoms with Gasteiger partial charge in [-0.25, -0.2) is 0 Å². The second-order valence-electron chi connectivity index (χ2n) is 5.18. The molecule has 0 aliphatic carbocycles. The molecular formula is C17H20N4O2. The van der Waals surface area contributed by atoms with Gasteiger partial charge in [-0.15, -0.1) is 0 Å². The fourth-order valence-electron chi connectivity index (χ4n) is 2.66. The van der Waals surface area contributed by atoms with E-state index in [1.807, 2.05) is 25.1 Å². The summed E-state index contributed by atoms with van der Waals surface area (Å²) >= 11 is 0. The van der Waals surface area contributed by atoms with Crippen LogP contribution in [0.5, 0.6) is 0 Å². The number of amides is 1. The van der Waals surface area contributed by atoms with Crippen molar-refractivity contribution < 1.29 is 9.53 Å². The van der Waals surface area contributed by atoms with Gasteiger partial charge in [0.05, 0.1) is 11.4 Å². The molecular weight excluding hydrogens is 292 g/mol. The molecule has 2 aromatic heterocycles. The number of para-hydroxylation sites is 1. The highest BCUT2D eigenvalue weighted by Gasteiger charge is 2.13. The molecule has 0 fully saturated rings. The van der Waals surface area contributed by atoms with Crippen LogP contribution >= 0.6 is 0 Å². The Kier molecular flexibility index (Phi) is 4.43. The standard InChI is InChI=1S/C17H20N4O2/c1-3-21-14-8-6-5-7-12(14)9-15(21)13-10-16(20-19-13)18-17(22)11-23-4-2/h5-10H,3-4,11H2,1-2H3,(H2,18,19,20,22). The van der Waals surface area contributed by atoms with E-state index >= 15 is 0 Å². The number of aromatic amines is 1. The monoisotopic (exact) mass is 312 g/mol. The van der Waals surface area contributed by atoms with Crippen molar-refractivity contribution in [3.63, 3.8) is 0 Å². The van der Waals surface area contributed by atoms with Gasteiger partial charge < -0.3 is 14.6 Å². The minimum absolute atomic E-state index is 0.0356. The summed E-state index contributed by atoms with van der Waals surface area (Å²) in [6.07, 6.45) is 0. The van der Waals surface area contributed by atoms with E-state index in [1.165, 1.54) is 10.9 Å². The lowest BCUT2D eigenvalue weighted by atomic mass is 10.2. The lowest BCUT2D eigenvalue weighted by Gasteiger charge is -2.05. The van der Waals surface area contributed by atoms with Crippen LogP contribution < -0.4 is 5.32 Å². The molecule has 6 heteroatoms. The van der Waals surface area contributed by atoms with Gasteiger partial charge in [-0.05, 0) is 26.0 Å². The smallest absolute Gasteiger partial charge is 0.251 e. The van der Waals surface area contributed by atoms with Crippen LogP contribution in [0.2, 0.25) is 0 Å². The fourth-order valence-corrected chi connectivity index (χ4v) is 2.66. The number of benzene rings is 1. The van der Waals surface area contributed by atoms with Crippen LogP contribution in [0.4, 0.5) is 5.82 Å². The second-order valence-corrected chi connectivity index (χ2v) is 5.18. The molecule has 23 heavy (non-hydrogen) atoms. The molecule has 6 nitrogen and oxygen atoms in total. The summed E-state index contributed by atoms with van der Waals surface area (Å²) < 4.78 is 7.30. The Hall–Kier alpha value is -2.60. The number of fused-ring (bicyclic) bond motifs is 1. The average Bonchev–Trinajstić information content (AvgIpc) is 3.16. The van der Waals surface area contributed by atoms with Gasteiger partial charge in [0.25, 0.3) is 5.91 Å². The molecule has 0 atom stereocenters. The summed E-state index contributed by atoms with van der Waals surface area (Å²) in [6.45, 7) is 5.36. The topological polar surface area (TPSA) is 71.9 Å². The zero-order valence-corrected chi connectivity index (χ0v) is 13.3. The van der Waals surface area contributed by atoms with E-state index in [9.17, 15) is 4.79 Å². The van der Waals surface area contributed by atoms with E-state index < -0.39 is 0 Å². The molecule has 2 N–H and O–H groups in total. The lowest BCUT2D eigenvalue weighted by Crippen LogP contribution is -2.18. The van der Waals surface area contributed by atoms with Crippen molar-refractivity contribution in [2.24, 2.45) is 0 Å². The summed E-state index contributed by atoms with van der Waals surface area (Å²) in [5.74, 6) is 0.290. The van der Waals surface area contributed by atoms with Crippen molar-refractivity contribution >= 4 is 22.6 Å². The van der Waals surface area contributed by atoms with Crippen molar-refractivity contribution in [2.75, 3.05) is 18.5 Å². The highest BCUT2D eigenvalue weighted by atomic mass is 16.5. The molecule has 0 radical (unpaired) electrons. The van der Waals surface area contributed by atoms with Crippen LogP contribution in [-0.4, -0.2) is 33.9 Å². The molecule has 0 bridgehead atoms. The molecule has 0 spiro atoms. The Morgan fingerprint density at radius 1 is 1.30 bits per heavy atom. The highest BCUT2D eigenvalue weighted by molar-refractivity contribution is 5.92. The molecule has 0 saturated heterocycles. The first-order valence-corrected chi connectivity index (χ1v) is 7.74. The maximum atomic E-state index is 11.7. The first-order chi connectivity index (χ1) is 11.2. The van der Waals surface area contributed by atoms with Crippen molar-refractivity contribution in [2.45, 2.75) is 20.4 Å². The Labute approximate surface area is 134 Å². The van der Waals surface area contributed by atoms with Crippen molar-refractivity contribution in [3.8, 4) is 11.4 Å². The van der Waals surface area contributed by atoms with Crippen molar-refractivity contribution in [1.29, 1.82) is 0 Å². The van der Waals surface area contributed by atoms with Crippen LogP contribution in [0.15, 0.2) is 36.4 Å². The number of aromatic nitrogens is 3. The Balaban J connectivity index is 1.87. The Morgan fingerprint density at radius 2 is 2.13 bits per heavy atom. The Bertz CT molecular complexity index is 819. The zero-order chi connectivity index (χ0) is 16.2. The van der Waals surface area contributed by atoms with E-state index in [4.69, 9.17) is 4.74 Å². The van der Waals surface area contributed by atoms with Crippen LogP contribution in [0, 0.1) is 0 Å². The van der Waals surface area contributed by atoms with Crippen LogP contribution in [0.25, 0.3) is 22.3 Å². The maximum Gasteiger partial charge on any atom is 0.251 e. The van der Waals surface area contributed by atoms with Gasteiger partial charge in [-0.3, -0.25) is 9.89 Å². The second kappa shape index (κ2) is 6.66. The summed E-state index contributed by atoms with van der Waals surface area (Å²) in [4.78, 5) is 11.7. The molecule has 2 heterocycles. The van der Waals surface area contributed by atoms with E-state index in [-0.39, 0.29) is 12.5 Å². The number of carbonyl (C=O) groups is 1. The number of hydrogen-bond donors (Lipinski definition) is 2. The fraction of sp³-hybridized carbons (Fsp3) is 0.294. The minimum Gasteiger partial charge on any atom is -0.372 e. The van der Waals surface area contributed by atoms with Gasteiger partial charge in [0, 0.05) is 30.1 Å². The van der Waals surface area contributed by atoms with Gasteiger partial charge in [0.15, 0.2) is 5.82 Å². The molecule has 1 amide bonds. The van der Waals surface area contributed by atoms with Gasteiger partial charge >= 0.3 is 0 Å². The summed E-state index contributed by atoms with van der Waals surface area (Å²) in [6, 6.07) is 12.2. The number of H-pyrrole nitrogens is 1. The van der Waals surface area contributed by atoms with E-state index in [0.29, 0.717) is 12.4 Å². The van der Waals surface area contributed by atoms with Crippen LogP contribution in [0.3, 0.4) is 0 Å². The quantitative estimate of drug-likeness (QED) is 0.735. The number of nitrogens with zero attached hydrogens (tertiary/aromatic N) is 2. The predicted octanol–water partition coefficient (Wildman–Crippen LogP) is 3.03. The number of rotatable bonds is 6. The predicted molar refractivity (Wildman–Crippen MR) is 90.3 cm³/mol. The Morgan fingerprint density at radius 3 is 2.91 bits per heavy atom. The van der Waals surface area contributed by atoms with E-state index in [1.54, 1.807) is 0 Å². The molecule has 0 saturated carbocycles. The number of anilines is 1. The van der Waals surface area contributed by atoms with Gasteiger partial charge in [-0.2, -0.15) is 5.10 Å². The third kappa shape index (κ3) is 3.12. The number of hydrogen-bond acceptors (Lipinski definition) is 3. The average molecular weight is 312 g/mol. The number of nitrogens with one attached hydrogen (secondary N) is 2. The molecule has 120 valence electrons. The first kappa shape index (κ1) is 15.3. The molecule has 0 aliphatic heterocycles. The number of aryl methyl sites for hydroxylation is 1. The van der Waals surface area contributed by atoms with E-state index in [0.717, 1.165) is 17.9 Å². The van der Waals surface area contributed by atoms with Crippen LogP contribution in [-0.2, 0) is 16.1 Å². The summed E-state index contributed by atoms with van der Waals surface area (Å²) in [7, 11) is 0. The van der Waals surface area contributed by atoms with Crippen LogP contribution in [0.1, 0.15) is 13.8 Å². The first-order valence-electron chi connectivity index (χ1n) is 7.74. The minimum atomic E-state index is -0.207. The molecule has 3 aromatic rings. The lowest BCUT2D eigenvalue weighted by molar-refractivity contribution is -0.120. The molecule has 1 aromatic carbocycles. The van der Waals surface area contributed by atoms with Crippen molar-refractivity contribution in [1.82, 2.24) is 14.8 Å². The van der Waals surface area contributed by atoms with Crippen molar-refractivity contribution in [3.05, 3.63) is 36.4 Å². The van der Waals surface area contributed by atoms with Gasteiger partial charge in [-0.1, -0.05) is 18.2 Å². The third-order valence-electron chi connectivity index (χ3n) is 3.69. The zero-order valence-electron chi connectivity index (χ0n) is 13.3. The maximum absolute atomic E-state index is 11.7. The summed E-state index contributed by atoms with van der Waals surface area (Å²) in [5.41, 5.74) is 3.10. The third-order valence-corrected chi connectivity index (χ3v) is 3.69. The van der Waals surface area contributed by atoms with Gasteiger partial charge in [0.1, 0.15) is 6.61 Å². The summed E-state index contributed by atoms with van der Waals surface area (Å²) in [5, 5.41) is 11.1. The number of ether oxygens (including phenoxy) is 1. The van der Waals surface area contributed by atoms with E-state index in [2.05, 4.69) is 45.2 Å². The van der Waals surface area contributed by atoms with Gasteiger partial charge in [0.2, 0.25) is 0 Å². The molecule has 0 aliphatic rings. The molecule has 0 unspecified atom stereocenters. The normalized spacial score (nSPS) is 11.0. The number of carbonyl (C=O) groups excluding carboxylic acids is 1. The SMILES string of the molecule is CCOCC(=O)Nc1cc(-c2cc3ccccc3n2CC)[nH]n1. The highest BCUT2D eigenvalue weighted by Crippen LogP contribution is 2.28.